The first-order valence-electron chi connectivity index (χ1n) is 5.52. The van der Waals surface area contributed by atoms with Crippen LogP contribution in [0.5, 0.6) is 0 Å². The van der Waals surface area contributed by atoms with Gasteiger partial charge in [0, 0.05) is 16.2 Å². The van der Waals surface area contributed by atoms with Crippen molar-refractivity contribution in [2.75, 3.05) is 5.73 Å². The normalized spacial score (nSPS) is 11.0. The van der Waals surface area contributed by atoms with Gasteiger partial charge in [-0.2, -0.15) is 0 Å². The minimum absolute atomic E-state index is 0.674. The number of aryl methyl sites for hydroxylation is 1. The molecule has 2 heterocycles. The molecule has 0 aliphatic rings. The highest BCUT2D eigenvalue weighted by Gasteiger charge is 2.10. The van der Waals surface area contributed by atoms with Gasteiger partial charge in [-0.1, -0.05) is 6.07 Å². The van der Waals surface area contributed by atoms with Gasteiger partial charge in [-0.3, -0.25) is 0 Å². The smallest absolute Gasteiger partial charge is 0.178 e. The number of aromatic nitrogens is 3. The van der Waals surface area contributed by atoms with E-state index in [1.807, 2.05) is 31.2 Å². The molecule has 3 aromatic rings. The fourth-order valence-corrected chi connectivity index (χ4v) is 2.24. The lowest BCUT2D eigenvalue weighted by molar-refractivity contribution is 1.28. The van der Waals surface area contributed by atoms with Crippen molar-refractivity contribution in [2.45, 2.75) is 6.92 Å². The van der Waals surface area contributed by atoms with Crippen LogP contribution in [0, 0.1) is 6.92 Å². The molecule has 1 aromatic carbocycles. The number of aromatic amines is 1. The summed E-state index contributed by atoms with van der Waals surface area (Å²) in [7, 11) is 0. The van der Waals surface area contributed by atoms with E-state index in [-0.39, 0.29) is 0 Å². The number of para-hydroxylation sites is 1. The molecule has 18 heavy (non-hydrogen) atoms. The predicted octanol–water partition coefficient (Wildman–Crippen LogP) is 3.28. The topological polar surface area (TPSA) is 67.6 Å². The van der Waals surface area contributed by atoms with Crippen molar-refractivity contribution < 1.29 is 0 Å². The monoisotopic (exact) mass is 302 g/mol. The number of rotatable bonds is 1. The number of nitrogens with two attached hydrogens (primary N) is 1. The number of anilines is 1. The second-order valence-electron chi connectivity index (χ2n) is 4.17. The molecule has 0 atom stereocenters. The maximum absolute atomic E-state index is 6.04. The molecule has 0 unspecified atom stereocenters. The average molecular weight is 303 g/mol. The Morgan fingerprint density at radius 3 is 3.00 bits per heavy atom. The van der Waals surface area contributed by atoms with E-state index in [1.54, 1.807) is 6.20 Å². The molecule has 2 aromatic heterocycles. The van der Waals surface area contributed by atoms with Crippen LogP contribution in [0.1, 0.15) is 5.56 Å². The lowest BCUT2D eigenvalue weighted by Gasteiger charge is -2.03. The van der Waals surface area contributed by atoms with Gasteiger partial charge in [0.1, 0.15) is 5.82 Å². The Balaban J connectivity index is 2.22. The molecule has 0 fully saturated rings. The lowest BCUT2D eigenvalue weighted by Crippen LogP contribution is -1.92. The van der Waals surface area contributed by atoms with Crippen LogP contribution in [0.2, 0.25) is 0 Å². The quantitative estimate of drug-likeness (QED) is 0.678. The van der Waals surface area contributed by atoms with Crippen LogP contribution < -0.4 is 5.73 Å². The molecule has 0 aliphatic heterocycles. The second-order valence-corrected chi connectivity index (χ2v) is 5.02. The predicted molar refractivity (Wildman–Crippen MR) is 76.2 cm³/mol. The number of H-pyrrole nitrogens is 1. The third-order valence-electron chi connectivity index (χ3n) is 2.78. The van der Waals surface area contributed by atoms with E-state index >= 15 is 0 Å². The zero-order valence-corrected chi connectivity index (χ0v) is 11.3. The summed E-state index contributed by atoms with van der Waals surface area (Å²) in [6.45, 7) is 2.00. The van der Waals surface area contributed by atoms with Gasteiger partial charge in [-0.15, -0.1) is 0 Å². The highest BCUT2D eigenvalue weighted by atomic mass is 79.9. The zero-order valence-electron chi connectivity index (χ0n) is 9.74. The van der Waals surface area contributed by atoms with Crippen molar-refractivity contribution >= 4 is 32.8 Å². The highest BCUT2D eigenvalue weighted by Crippen LogP contribution is 2.30. The van der Waals surface area contributed by atoms with Crippen molar-refractivity contribution in [2.24, 2.45) is 0 Å². The van der Waals surface area contributed by atoms with Crippen LogP contribution in [0.15, 0.2) is 34.9 Å². The summed E-state index contributed by atoms with van der Waals surface area (Å²) in [5, 5.41) is 0. The fraction of sp³-hybridized carbons (Fsp3) is 0.0769. The van der Waals surface area contributed by atoms with Crippen LogP contribution >= 0.6 is 15.9 Å². The van der Waals surface area contributed by atoms with E-state index in [2.05, 4.69) is 30.9 Å². The number of imidazole rings is 1. The maximum atomic E-state index is 6.04. The number of pyridine rings is 1. The zero-order chi connectivity index (χ0) is 12.7. The standard InChI is InChI=1S/C13H11BrN4/c1-7-5-10-13(16-6-7)18-12(17-10)8-3-2-4-9(14)11(8)15/h2-6H,15H2,1H3,(H,16,17,18). The van der Waals surface area contributed by atoms with Gasteiger partial charge in [0.15, 0.2) is 5.65 Å². The Hall–Kier alpha value is -1.88. The molecular formula is C13H11BrN4. The Labute approximate surface area is 112 Å². The Kier molecular flexibility index (Phi) is 2.56. The Morgan fingerprint density at radius 2 is 2.17 bits per heavy atom. The molecule has 0 saturated carbocycles. The number of hydrogen-bond acceptors (Lipinski definition) is 3. The van der Waals surface area contributed by atoms with Crippen molar-refractivity contribution in [3.05, 3.63) is 40.5 Å². The Morgan fingerprint density at radius 1 is 1.33 bits per heavy atom. The van der Waals surface area contributed by atoms with Crippen molar-refractivity contribution in [3.63, 3.8) is 0 Å². The molecule has 3 N–H and O–H groups in total. The SMILES string of the molecule is Cc1cnc2nc(-c3cccc(Br)c3N)[nH]c2c1. The summed E-state index contributed by atoms with van der Waals surface area (Å²) in [6, 6.07) is 7.79. The molecule has 90 valence electrons. The largest absolute Gasteiger partial charge is 0.397 e. The molecule has 0 bridgehead atoms. The number of fused-ring (bicyclic) bond motifs is 1. The van der Waals surface area contributed by atoms with Crippen LogP contribution in [-0.2, 0) is 0 Å². The van der Waals surface area contributed by atoms with Crippen LogP contribution in [0.3, 0.4) is 0 Å². The molecule has 0 saturated heterocycles. The molecule has 0 radical (unpaired) electrons. The van der Waals surface area contributed by atoms with Gasteiger partial charge in [-0.05, 0) is 46.6 Å². The van der Waals surface area contributed by atoms with E-state index in [4.69, 9.17) is 5.73 Å². The number of halogens is 1. The fourth-order valence-electron chi connectivity index (χ4n) is 1.88. The number of hydrogen-bond donors (Lipinski definition) is 2. The molecule has 0 spiro atoms. The number of nitrogens with one attached hydrogen (secondary N) is 1. The molecular weight excluding hydrogens is 292 g/mol. The van der Waals surface area contributed by atoms with E-state index < -0.39 is 0 Å². The van der Waals surface area contributed by atoms with Gasteiger partial charge in [0.25, 0.3) is 0 Å². The summed E-state index contributed by atoms with van der Waals surface area (Å²) < 4.78 is 0.865. The van der Waals surface area contributed by atoms with Gasteiger partial charge in [-0.25, -0.2) is 9.97 Å². The minimum atomic E-state index is 0.674. The summed E-state index contributed by atoms with van der Waals surface area (Å²) in [4.78, 5) is 12.0. The number of nitrogens with zero attached hydrogens (tertiary/aromatic N) is 2. The van der Waals surface area contributed by atoms with Gasteiger partial charge in [0.2, 0.25) is 0 Å². The molecule has 0 aliphatic carbocycles. The third kappa shape index (κ3) is 1.76. The maximum Gasteiger partial charge on any atom is 0.178 e. The lowest BCUT2D eigenvalue weighted by atomic mass is 10.2. The van der Waals surface area contributed by atoms with Crippen LogP contribution in [0.4, 0.5) is 5.69 Å². The van der Waals surface area contributed by atoms with Crippen LogP contribution in [0.25, 0.3) is 22.6 Å². The van der Waals surface area contributed by atoms with E-state index in [0.717, 1.165) is 26.9 Å². The van der Waals surface area contributed by atoms with E-state index in [0.29, 0.717) is 11.3 Å². The molecule has 5 heteroatoms. The summed E-state index contributed by atoms with van der Waals surface area (Å²) >= 11 is 3.42. The third-order valence-corrected chi connectivity index (χ3v) is 3.47. The first kappa shape index (κ1) is 11.2. The second kappa shape index (κ2) is 4.10. The van der Waals surface area contributed by atoms with Crippen molar-refractivity contribution in [3.8, 4) is 11.4 Å². The van der Waals surface area contributed by atoms with Gasteiger partial charge >= 0.3 is 0 Å². The molecule has 4 nitrogen and oxygen atoms in total. The van der Waals surface area contributed by atoms with Gasteiger partial charge in [0.05, 0.1) is 11.2 Å². The number of nitrogen functional groups attached to an aromatic ring is 1. The number of benzene rings is 1. The Bertz CT molecular complexity index is 733. The first-order chi connectivity index (χ1) is 8.65. The summed E-state index contributed by atoms with van der Waals surface area (Å²) in [6.07, 6.45) is 1.80. The summed E-state index contributed by atoms with van der Waals surface area (Å²) in [5.41, 5.74) is 10.3. The van der Waals surface area contributed by atoms with Gasteiger partial charge < -0.3 is 10.7 Å². The van der Waals surface area contributed by atoms with Crippen LogP contribution in [-0.4, -0.2) is 15.0 Å². The van der Waals surface area contributed by atoms with Crippen molar-refractivity contribution in [1.82, 2.24) is 15.0 Å². The average Bonchev–Trinajstić information content (AvgIpc) is 2.75. The first-order valence-corrected chi connectivity index (χ1v) is 6.31. The summed E-state index contributed by atoms with van der Waals surface area (Å²) in [5.74, 6) is 0.738. The minimum Gasteiger partial charge on any atom is -0.397 e. The highest BCUT2D eigenvalue weighted by molar-refractivity contribution is 9.10. The molecule has 3 rings (SSSR count). The van der Waals surface area contributed by atoms with Crippen molar-refractivity contribution in [1.29, 1.82) is 0 Å². The van der Waals surface area contributed by atoms with E-state index in [1.165, 1.54) is 0 Å². The van der Waals surface area contributed by atoms with E-state index in [9.17, 15) is 0 Å². The molecule has 0 amide bonds.